The van der Waals surface area contributed by atoms with Crippen molar-refractivity contribution in [1.29, 1.82) is 0 Å². The first kappa shape index (κ1) is 18.0. The number of aryl methyl sites for hydroxylation is 2. The smallest absolute Gasteiger partial charge is 0.257 e. The van der Waals surface area contributed by atoms with Crippen molar-refractivity contribution < 1.29 is 4.79 Å². The van der Waals surface area contributed by atoms with Crippen molar-refractivity contribution >= 4 is 17.4 Å². The van der Waals surface area contributed by atoms with E-state index in [0.29, 0.717) is 11.6 Å². The van der Waals surface area contributed by atoms with E-state index in [1.54, 1.807) is 6.20 Å². The number of anilines is 2. The SMILES string of the molecule is CCc1cccc(CC)c1NC(=O)c1ccc(NC(C)CC)nc1. The van der Waals surface area contributed by atoms with E-state index in [9.17, 15) is 4.79 Å². The lowest BCUT2D eigenvalue weighted by atomic mass is 10.0. The molecule has 0 spiro atoms. The standard InChI is InChI=1S/C20H27N3O/c1-5-14(4)22-18-12-11-17(13-21-18)20(24)23-19-15(6-2)9-8-10-16(19)7-3/h8-14H,5-7H2,1-4H3,(H,21,22)(H,23,24). The van der Waals surface area contributed by atoms with Gasteiger partial charge in [-0.15, -0.1) is 0 Å². The Bertz CT molecular complexity index is 658. The van der Waals surface area contributed by atoms with Gasteiger partial charge >= 0.3 is 0 Å². The van der Waals surface area contributed by atoms with Crippen molar-refractivity contribution in [3.63, 3.8) is 0 Å². The van der Waals surface area contributed by atoms with Crippen molar-refractivity contribution in [1.82, 2.24) is 4.98 Å². The van der Waals surface area contributed by atoms with Crippen LogP contribution in [0.3, 0.4) is 0 Å². The summed E-state index contributed by atoms with van der Waals surface area (Å²) in [5, 5.41) is 6.37. The molecule has 0 saturated heterocycles. The first-order valence-corrected chi connectivity index (χ1v) is 8.73. The molecule has 2 aromatic rings. The minimum Gasteiger partial charge on any atom is -0.368 e. The maximum atomic E-state index is 12.6. The molecule has 1 unspecified atom stereocenters. The summed E-state index contributed by atoms with van der Waals surface area (Å²) in [7, 11) is 0. The number of hydrogen-bond acceptors (Lipinski definition) is 3. The molecule has 24 heavy (non-hydrogen) atoms. The lowest BCUT2D eigenvalue weighted by molar-refractivity contribution is 0.102. The molecule has 0 bridgehead atoms. The number of aromatic nitrogens is 1. The molecule has 0 aliphatic heterocycles. The number of nitrogens with zero attached hydrogens (tertiary/aromatic N) is 1. The fourth-order valence-corrected chi connectivity index (χ4v) is 2.56. The molecular weight excluding hydrogens is 298 g/mol. The average Bonchev–Trinajstić information content (AvgIpc) is 2.62. The molecule has 4 heteroatoms. The second kappa shape index (κ2) is 8.48. The quantitative estimate of drug-likeness (QED) is 0.778. The van der Waals surface area contributed by atoms with Crippen LogP contribution < -0.4 is 10.6 Å². The summed E-state index contributed by atoms with van der Waals surface area (Å²) in [6, 6.07) is 10.2. The van der Waals surface area contributed by atoms with Crippen molar-refractivity contribution in [2.24, 2.45) is 0 Å². The normalized spacial score (nSPS) is 11.8. The summed E-state index contributed by atoms with van der Waals surface area (Å²) in [5.74, 6) is 0.678. The Morgan fingerprint density at radius 1 is 1.08 bits per heavy atom. The minimum absolute atomic E-state index is 0.117. The summed E-state index contributed by atoms with van der Waals surface area (Å²) in [5.41, 5.74) is 3.82. The van der Waals surface area contributed by atoms with Gasteiger partial charge in [-0.05, 0) is 49.4 Å². The maximum absolute atomic E-state index is 12.6. The molecule has 0 fully saturated rings. The molecule has 1 amide bonds. The van der Waals surface area contributed by atoms with Gasteiger partial charge in [-0.1, -0.05) is 39.0 Å². The fourth-order valence-electron chi connectivity index (χ4n) is 2.56. The van der Waals surface area contributed by atoms with Crippen molar-refractivity contribution in [2.75, 3.05) is 10.6 Å². The zero-order chi connectivity index (χ0) is 17.5. The van der Waals surface area contributed by atoms with Gasteiger partial charge in [0.2, 0.25) is 0 Å². The molecule has 1 atom stereocenters. The van der Waals surface area contributed by atoms with Crippen LogP contribution in [0.1, 0.15) is 55.6 Å². The van der Waals surface area contributed by atoms with Crippen LogP contribution in [-0.4, -0.2) is 16.9 Å². The number of benzene rings is 1. The number of nitrogens with one attached hydrogen (secondary N) is 2. The topological polar surface area (TPSA) is 54.0 Å². The first-order valence-electron chi connectivity index (χ1n) is 8.73. The fraction of sp³-hybridized carbons (Fsp3) is 0.400. The van der Waals surface area contributed by atoms with Gasteiger partial charge < -0.3 is 10.6 Å². The summed E-state index contributed by atoms with van der Waals surface area (Å²) in [6.07, 6.45) is 4.43. The molecule has 0 radical (unpaired) electrons. The second-order valence-electron chi connectivity index (χ2n) is 6.00. The van der Waals surface area contributed by atoms with Gasteiger partial charge in [0, 0.05) is 17.9 Å². The van der Waals surface area contributed by atoms with Crippen LogP contribution in [0.15, 0.2) is 36.5 Å². The van der Waals surface area contributed by atoms with Gasteiger partial charge in [-0.2, -0.15) is 0 Å². The molecular formula is C20H27N3O. The third-order valence-electron chi connectivity index (χ3n) is 4.27. The molecule has 2 rings (SSSR count). The van der Waals surface area contributed by atoms with E-state index < -0.39 is 0 Å². The number of hydrogen-bond donors (Lipinski definition) is 2. The van der Waals surface area contributed by atoms with Crippen LogP contribution in [0.25, 0.3) is 0 Å². The van der Waals surface area contributed by atoms with Crippen molar-refractivity contribution in [2.45, 2.75) is 53.0 Å². The minimum atomic E-state index is -0.117. The van der Waals surface area contributed by atoms with Gasteiger partial charge in [0.25, 0.3) is 5.91 Å². The molecule has 0 aliphatic carbocycles. The highest BCUT2D eigenvalue weighted by atomic mass is 16.1. The van der Waals surface area contributed by atoms with E-state index in [-0.39, 0.29) is 5.91 Å². The van der Waals surface area contributed by atoms with Crippen LogP contribution in [0.5, 0.6) is 0 Å². The second-order valence-corrected chi connectivity index (χ2v) is 6.00. The van der Waals surface area contributed by atoms with Gasteiger partial charge in [-0.25, -0.2) is 4.98 Å². The van der Waals surface area contributed by atoms with E-state index in [1.807, 2.05) is 18.2 Å². The van der Waals surface area contributed by atoms with E-state index in [0.717, 1.165) is 41.9 Å². The Morgan fingerprint density at radius 3 is 2.25 bits per heavy atom. The summed E-state index contributed by atoms with van der Waals surface area (Å²) >= 11 is 0. The largest absolute Gasteiger partial charge is 0.368 e. The Labute approximate surface area is 144 Å². The molecule has 0 aliphatic rings. The van der Waals surface area contributed by atoms with Crippen LogP contribution in [0, 0.1) is 0 Å². The number of carbonyl (C=O) groups is 1. The van der Waals surface area contributed by atoms with Crippen LogP contribution in [0.2, 0.25) is 0 Å². The van der Waals surface area contributed by atoms with E-state index in [2.05, 4.69) is 55.4 Å². The van der Waals surface area contributed by atoms with Crippen LogP contribution in [-0.2, 0) is 12.8 Å². The molecule has 2 N–H and O–H groups in total. The third kappa shape index (κ3) is 4.34. The maximum Gasteiger partial charge on any atom is 0.257 e. The Hall–Kier alpha value is -2.36. The number of para-hydroxylation sites is 1. The number of pyridine rings is 1. The Balaban J connectivity index is 2.16. The van der Waals surface area contributed by atoms with Crippen molar-refractivity contribution in [3.8, 4) is 0 Å². The molecule has 1 aromatic carbocycles. The molecule has 4 nitrogen and oxygen atoms in total. The van der Waals surface area contributed by atoms with Gasteiger partial charge in [0.15, 0.2) is 0 Å². The van der Waals surface area contributed by atoms with Crippen LogP contribution >= 0.6 is 0 Å². The monoisotopic (exact) mass is 325 g/mol. The highest BCUT2D eigenvalue weighted by Crippen LogP contribution is 2.23. The molecule has 0 saturated carbocycles. The van der Waals surface area contributed by atoms with E-state index in [1.165, 1.54) is 0 Å². The van der Waals surface area contributed by atoms with Gasteiger partial charge in [-0.3, -0.25) is 4.79 Å². The Morgan fingerprint density at radius 2 is 1.75 bits per heavy atom. The number of amides is 1. The molecule has 1 heterocycles. The van der Waals surface area contributed by atoms with E-state index >= 15 is 0 Å². The average molecular weight is 325 g/mol. The zero-order valence-corrected chi connectivity index (χ0v) is 15.0. The van der Waals surface area contributed by atoms with Crippen LogP contribution in [0.4, 0.5) is 11.5 Å². The molecule has 128 valence electrons. The lowest BCUT2D eigenvalue weighted by Gasteiger charge is -2.15. The van der Waals surface area contributed by atoms with Gasteiger partial charge in [0.1, 0.15) is 5.82 Å². The number of carbonyl (C=O) groups excluding carboxylic acids is 1. The van der Waals surface area contributed by atoms with Gasteiger partial charge in [0.05, 0.1) is 5.56 Å². The lowest BCUT2D eigenvalue weighted by Crippen LogP contribution is -2.17. The highest BCUT2D eigenvalue weighted by molar-refractivity contribution is 6.05. The predicted octanol–water partition coefficient (Wildman–Crippen LogP) is 4.67. The summed E-state index contributed by atoms with van der Waals surface area (Å²) in [6.45, 7) is 8.43. The summed E-state index contributed by atoms with van der Waals surface area (Å²) < 4.78 is 0. The summed E-state index contributed by atoms with van der Waals surface area (Å²) in [4.78, 5) is 16.9. The predicted molar refractivity (Wildman–Crippen MR) is 101 cm³/mol. The number of rotatable bonds is 7. The first-order chi connectivity index (χ1) is 11.6. The highest BCUT2D eigenvalue weighted by Gasteiger charge is 2.12. The van der Waals surface area contributed by atoms with Crippen molar-refractivity contribution in [3.05, 3.63) is 53.2 Å². The zero-order valence-electron chi connectivity index (χ0n) is 15.0. The Kier molecular flexibility index (Phi) is 6.36. The molecule has 1 aromatic heterocycles. The third-order valence-corrected chi connectivity index (χ3v) is 4.27. The van der Waals surface area contributed by atoms with E-state index in [4.69, 9.17) is 0 Å².